The van der Waals surface area contributed by atoms with Crippen molar-refractivity contribution in [1.82, 2.24) is 9.55 Å². The number of fused-ring (bicyclic) bond motifs is 1. The van der Waals surface area contributed by atoms with Gasteiger partial charge in [-0.2, -0.15) is 0 Å². The van der Waals surface area contributed by atoms with Gasteiger partial charge in [0, 0.05) is 16.8 Å². The first kappa shape index (κ1) is 16.5. The van der Waals surface area contributed by atoms with Gasteiger partial charge in [-0.05, 0) is 29.8 Å². The molecule has 3 rings (SSSR count). The molecule has 0 bridgehead atoms. The van der Waals surface area contributed by atoms with Crippen LogP contribution in [0.1, 0.15) is 23.5 Å². The summed E-state index contributed by atoms with van der Waals surface area (Å²) in [5.41, 5.74) is 5.44. The quantitative estimate of drug-likeness (QED) is 0.676. The summed E-state index contributed by atoms with van der Waals surface area (Å²) in [5, 5.41) is 12.5. The molecule has 0 saturated carbocycles. The summed E-state index contributed by atoms with van der Waals surface area (Å²) >= 11 is 1.66. The van der Waals surface area contributed by atoms with Crippen LogP contribution < -0.4 is 5.73 Å². The van der Waals surface area contributed by atoms with E-state index in [4.69, 9.17) is 5.73 Å². The van der Waals surface area contributed by atoms with E-state index in [-0.39, 0.29) is 11.7 Å². The molecule has 3 N–H and O–H groups in total. The molecule has 1 aromatic heterocycles. The Morgan fingerprint density at radius 1 is 1.29 bits per heavy atom. The number of hydrogen-bond donors (Lipinski definition) is 2. The van der Waals surface area contributed by atoms with Crippen LogP contribution in [-0.4, -0.2) is 32.4 Å². The molecule has 0 saturated heterocycles. The number of aliphatic hydroxyl groups is 1. The SMILES string of the molecule is C[C@H](O)[C@H](CSc1ccc2ccccc2c1)n1cnc(C(N)=O)c1. The van der Waals surface area contributed by atoms with Gasteiger partial charge in [0.25, 0.3) is 5.91 Å². The number of nitrogens with two attached hydrogens (primary N) is 1. The molecular formula is C18H19N3O2S. The molecule has 0 radical (unpaired) electrons. The zero-order valence-electron chi connectivity index (χ0n) is 13.3. The Kier molecular flexibility index (Phi) is 4.87. The van der Waals surface area contributed by atoms with E-state index in [0.29, 0.717) is 5.75 Å². The highest BCUT2D eigenvalue weighted by molar-refractivity contribution is 7.99. The first-order chi connectivity index (χ1) is 11.5. The van der Waals surface area contributed by atoms with Gasteiger partial charge in [-0.1, -0.05) is 30.3 Å². The molecular weight excluding hydrogens is 322 g/mol. The molecule has 2 aromatic carbocycles. The Labute approximate surface area is 144 Å². The van der Waals surface area contributed by atoms with Crippen LogP contribution >= 0.6 is 11.8 Å². The molecule has 5 nitrogen and oxygen atoms in total. The van der Waals surface area contributed by atoms with Gasteiger partial charge in [-0.25, -0.2) is 4.98 Å². The van der Waals surface area contributed by atoms with Crippen molar-refractivity contribution in [1.29, 1.82) is 0 Å². The number of nitrogens with zero attached hydrogens (tertiary/aromatic N) is 2. The number of thioether (sulfide) groups is 1. The summed E-state index contributed by atoms with van der Waals surface area (Å²) < 4.78 is 1.75. The fourth-order valence-electron chi connectivity index (χ4n) is 2.56. The number of aromatic nitrogens is 2. The fourth-order valence-corrected chi connectivity index (χ4v) is 3.75. The predicted molar refractivity (Wildman–Crippen MR) is 96.1 cm³/mol. The normalized spacial score (nSPS) is 13.8. The van der Waals surface area contributed by atoms with Gasteiger partial charge in [0.1, 0.15) is 5.69 Å². The topological polar surface area (TPSA) is 81.1 Å². The minimum absolute atomic E-state index is 0.193. The third kappa shape index (κ3) is 3.60. The van der Waals surface area contributed by atoms with Crippen molar-refractivity contribution in [2.75, 3.05) is 5.75 Å². The van der Waals surface area contributed by atoms with Gasteiger partial charge < -0.3 is 15.4 Å². The molecule has 0 aliphatic rings. The van der Waals surface area contributed by atoms with Gasteiger partial charge in [0.2, 0.25) is 0 Å². The van der Waals surface area contributed by atoms with E-state index in [0.717, 1.165) is 4.90 Å². The molecule has 0 unspecified atom stereocenters. The maximum atomic E-state index is 11.2. The number of hydrogen-bond acceptors (Lipinski definition) is 4. The van der Waals surface area contributed by atoms with Crippen LogP contribution in [0.2, 0.25) is 0 Å². The molecule has 0 aliphatic carbocycles. The minimum Gasteiger partial charge on any atom is -0.391 e. The van der Waals surface area contributed by atoms with Crippen molar-refractivity contribution in [2.24, 2.45) is 5.73 Å². The molecule has 0 fully saturated rings. The lowest BCUT2D eigenvalue weighted by molar-refractivity contribution is 0.0995. The van der Waals surface area contributed by atoms with Crippen LogP contribution in [-0.2, 0) is 0 Å². The average Bonchev–Trinajstić information content (AvgIpc) is 3.04. The average molecular weight is 341 g/mol. The second kappa shape index (κ2) is 7.07. The lowest BCUT2D eigenvalue weighted by Crippen LogP contribution is -2.23. The van der Waals surface area contributed by atoms with Gasteiger partial charge in [-0.3, -0.25) is 4.79 Å². The summed E-state index contributed by atoms with van der Waals surface area (Å²) in [5.74, 6) is 0.0881. The molecule has 3 aromatic rings. The number of benzene rings is 2. The van der Waals surface area contributed by atoms with Crippen LogP contribution in [0.25, 0.3) is 10.8 Å². The zero-order valence-corrected chi connectivity index (χ0v) is 14.1. The van der Waals surface area contributed by atoms with Crippen molar-refractivity contribution in [2.45, 2.75) is 24.0 Å². The maximum absolute atomic E-state index is 11.2. The zero-order chi connectivity index (χ0) is 17.1. The number of primary amides is 1. The van der Waals surface area contributed by atoms with E-state index in [9.17, 15) is 9.90 Å². The van der Waals surface area contributed by atoms with Crippen molar-refractivity contribution >= 4 is 28.4 Å². The first-order valence-electron chi connectivity index (χ1n) is 7.67. The highest BCUT2D eigenvalue weighted by Gasteiger charge is 2.19. The Morgan fingerprint density at radius 3 is 2.71 bits per heavy atom. The molecule has 1 amide bonds. The van der Waals surface area contributed by atoms with Gasteiger partial charge in [0.05, 0.1) is 18.5 Å². The van der Waals surface area contributed by atoms with Gasteiger partial charge in [-0.15, -0.1) is 11.8 Å². The molecule has 124 valence electrons. The number of carbonyl (C=O) groups is 1. The van der Waals surface area contributed by atoms with Crippen LogP contribution in [0, 0.1) is 0 Å². The lowest BCUT2D eigenvalue weighted by Gasteiger charge is -2.21. The smallest absolute Gasteiger partial charge is 0.268 e. The van der Waals surface area contributed by atoms with E-state index >= 15 is 0 Å². The van der Waals surface area contributed by atoms with Crippen molar-refractivity contribution in [3.63, 3.8) is 0 Å². The molecule has 6 heteroatoms. The van der Waals surface area contributed by atoms with Crippen LogP contribution in [0.3, 0.4) is 0 Å². The third-order valence-corrected chi connectivity index (χ3v) is 5.03. The van der Waals surface area contributed by atoms with E-state index in [1.807, 2.05) is 12.1 Å². The first-order valence-corrected chi connectivity index (χ1v) is 8.66. The van der Waals surface area contributed by atoms with Crippen molar-refractivity contribution in [3.05, 3.63) is 60.7 Å². The van der Waals surface area contributed by atoms with E-state index in [2.05, 4.69) is 35.3 Å². The fraction of sp³-hybridized carbons (Fsp3) is 0.222. The van der Waals surface area contributed by atoms with Crippen LogP contribution in [0.5, 0.6) is 0 Å². The van der Waals surface area contributed by atoms with Crippen LogP contribution in [0.4, 0.5) is 0 Å². The monoisotopic (exact) mass is 341 g/mol. The molecule has 0 aliphatic heterocycles. The second-order valence-electron chi connectivity index (χ2n) is 5.70. The highest BCUT2D eigenvalue weighted by atomic mass is 32.2. The molecule has 1 heterocycles. The number of carbonyl (C=O) groups excluding carboxylic acids is 1. The van der Waals surface area contributed by atoms with Gasteiger partial charge >= 0.3 is 0 Å². The summed E-state index contributed by atoms with van der Waals surface area (Å²) in [6.07, 6.45) is 2.55. The summed E-state index contributed by atoms with van der Waals surface area (Å²) in [6, 6.07) is 14.3. The van der Waals surface area contributed by atoms with E-state index in [1.165, 1.54) is 10.8 Å². The standard InChI is InChI=1S/C18H19N3O2S/c1-12(22)17(21-9-16(18(19)23)20-11-21)10-24-15-7-6-13-4-2-3-5-14(13)8-15/h2-9,11-12,17,22H,10H2,1H3,(H2,19,23)/t12-,17-/m0/s1. The van der Waals surface area contributed by atoms with Crippen molar-refractivity contribution < 1.29 is 9.90 Å². The summed E-state index contributed by atoms with van der Waals surface area (Å²) in [6.45, 7) is 1.73. The molecule has 2 atom stereocenters. The minimum atomic E-state index is -0.576. The maximum Gasteiger partial charge on any atom is 0.268 e. The van der Waals surface area contributed by atoms with Crippen LogP contribution in [0.15, 0.2) is 59.9 Å². The van der Waals surface area contributed by atoms with Crippen molar-refractivity contribution in [3.8, 4) is 0 Å². The largest absolute Gasteiger partial charge is 0.391 e. The van der Waals surface area contributed by atoms with E-state index in [1.54, 1.807) is 35.8 Å². The Morgan fingerprint density at radius 2 is 2.04 bits per heavy atom. The highest BCUT2D eigenvalue weighted by Crippen LogP contribution is 2.28. The molecule has 24 heavy (non-hydrogen) atoms. The predicted octanol–water partition coefficient (Wildman–Crippen LogP) is 2.85. The number of imidazole rings is 1. The summed E-state index contributed by atoms with van der Waals surface area (Å²) in [7, 11) is 0. The number of amides is 1. The molecule has 0 spiro atoms. The second-order valence-corrected chi connectivity index (χ2v) is 6.79. The van der Waals surface area contributed by atoms with Gasteiger partial charge in [0.15, 0.2) is 0 Å². The number of aliphatic hydroxyl groups excluding tert-OH is 1. The van der Waals surface area contributed by atoms with E-state index < -0.39 is 12.0 Å². The Hall–Kier alpha value is -2.31. The Balaban J connectivity index is 1.76. The number of rotatable bonds is 6. The third-order valence-electron chi connectivity index (χ3n) is 3.94. The Bertz CT molecular complexity index is 860. The lowest BCUT2D eigenvalue weighted by atomic mass is 10.1. The summed E-state index contributed by atoms with van der Waals surface area (Å²) in [4.78, 5) is 16.3.